The Hall–Kier alpha value is -1.03. The molecule has 0 saturated heterocycles. The molecule has 2 rings (SSSR count). The van der Waals surface area contributed by atoms with Crippen molar-refractivity contribution < 1.29 is 9.53 Å². The monoisotopic (exact) mass is 283 g/mol. The van der Waals surface area contributed by atoms with Crippen LogP contribution in [0.5, 0.6) is 5.75 Å². The van der Waals surface area contributed by atoms with Crippen LogP contribution >= 0.6 is 15.9 Å². The zero-order chi connectivity index (χ0) is 11.9. The summed E-state index contributed by atoms with van der Waals surface area (Å²) in [5.74, 6) is 0.574. The lowest BCUT2D eigenvalue weighted by Gasteiger charge is -2.19. The third-order valence-corrected chi connectivity index (χ3v) is 3.57. The quantitative estimate of drug-likeness (QED) is 0.782. The number of fused-ring (bicyclic) bond motifs is 1. The van der Waals surface area contributed by atoms with Gasteiger partial charge in [-0.2, -0.15) is 0 Å². The fourth-order valence-corrected chi connectivity index (χ4v) is 3.39. The first-order valence-electron chi connectivity index (χ1n) is 5.11. The molecule has 1 heterocycles. The molecule has 0 radical (unpaired) electrons. The average Bonchev–Trinajstić information content (AvgIpc) is 2.37. The number of hydrogen-bond acceptors (Lipinski definition) is 3. The molecule has 86 valence electrons. The first kappa shape index (κ1) is 11.5. The first-order valence-corrected chi connectivity index (χ1v) is 5.90. The van der Waals surface area contributed by atoms with E-state index >= 15 is 0 Å². The Labute approximate surface area is 104 Å². The van der Waals surface area contributed by atoms with Crippen molar-refractivity contribution in [2.45, 2.75) is 19.3 Å². The van der Waals surface area contributed by atoms with Gasteiger partial charge in [0.1, 0.15) is 5.75 Å². The molecule has 0 spiro atoms. The molecule has 1 aromatic rings. The second kappa shape index (κ2) is 3.77. The molecule has 0 aromatic heterocycles. The normalized spacial score (nSPS) is 17.1. The minimum Gasteiger partial charge on any atom is -0.429 e. The number of halogens is 1. The van der Waals surface area contributed by atoms with Crippen LogP contribution in [0.15, 0.2) is 16.6 Å². The van der Waals surface area contributed by atoms with Gasteiger partial charge in [-0.3, -0.25) is 4.79 Å². The highest BCUT2D eigenvalue weighted by molar-refractivity contribution is 9.10. The number of ether oxygens (including phenoxy) is 1. The fourth-order valence-electron chi connectivity index (χ4n) is 2.42. The summed E-state index contributed by atoms with van der Waals surface area (Å²) < 4.78 is 5.89. The van der Waals surface area contributed by atoms with Gasteiger partial charge in [0.05, 0.1) is 0 Å². The molecule has 1 aliphatic rings. The van der Waals surface area contributed by atoms with E-state index in [0.29, 0.717) is 12.2 Å². The number of benzene rings is 1. The summed E-state index contributed by atoms with van der Waals surface area (Å²) in [6.07, 6.45) is 0. The number of nitrogens with zero attached hydrogens (tertiary/aromatic N) is 1. The van der Waals surface area contributed by atoms with Gasteiger partial charge in [-0.15, -0.1) is 0 Å². The maximum Gasteiger partial charge on any atom is 0.298 e. The van der Waals surface area contributed by atoms with Crippen LogP contribution in [0.4, 0.5) is 5.69 Å². The van der Waals surface area contributed by atoms with Crippen LogP contribution < -0.4 is 9.64 Å². The van der Waals surface area contributed by atoms with Gasteiger partial charge in [-0.05, 0) is 11.6 Å². The summed E-state index contributed by atoms with van der Waals surface area (Å²) in [5, 5.41) is 0. The molecular weight excluding hydrogens is 270 g/mol. The van der Waals surface area contributed by atoms with E-state index in [0.717, 1.165) is 16.7 Å². The van der Waals surface area contributed by atoms with Crippen LogP contribution in [-0.4, -0.2) is 20.1 Å². The third-order valence-electron chi connectivity index (χ3n) is 2.95. The van der Waals surface area contributed by atoms with Crippen LogP contribution in [-0.2, 0) is 10.2 Å². The SMILES string of the molecule is CN1CC(C)(C)c2c(Br)cc(OC=O)cc21. The summed E-state index contributed by atoms with van der Waals surface area (Å²) in [4.78, 5) is 12.5. The molecule has 3 nitrogen and oxygen atoms in total. The Bertz CT molecular complexity index is 443. The summed E-state index contributed by atoms with van der Waals surface area (Å²) in [6.45, 7) is 5.83. The maximum absolute atomic E-state index is 10.3. The lowest BCUT2D eigenvalue weighted by Crippen LogP contribution is -2.25. The van der Waals surface area contributed by atoms with Gasteiger partial charge in [0, 0.05) is 35.2 Å². The molecule has 0 fully saturated rings. The number of likely N-dealkylation sites (N-methyl/N-ethyl adjacent to an activating group) is 1. The summed E-state index contributed by atoms with van der Waals surface area (Å²) >= 11 is 3.55. The van der Waals surface area contributed by atoms with Crippen molar-refractivity contribution in [3.8, 4) is 5.75 Å². The van der Waals surface area contributed by atoms with E-state index in [4.69, 9.17) is 4.74 Å². The number of hydrogen-bond donors (Lipinski definition) is 0. The van der Waals surface area contributed by atoms with E-state index in [1.807, 2.05) is 19.2 Å². The van der Waals surface area contributed by atoms with Crippen molar-refractivity contribution in [1.82, 2.24) is 0 Å². The van der Waals surface area contributed by atoms with Crippen LogP contribution in [0.2, 0.25) is 0 Å². The molecule has 1 aliphatic heterocycles. The zero-order valence-corrected chi connectivity index (χ0v) is 11.2. The molecule has 0 saturated carbocycles. The van der Waals surface area contributed by atoms with Gasteiger partial charge in [-0.1, -0.05) is 29.8 Å². The number of rotatable bonds is 2. The number of carbonyl (C=O) groups is 1. The molecule has 0 unspecified atom stereocenters. The summed E-state index contributed by atoms with van der Waals surface area (Å²) in [7, 11) is 2.05. The Balaban J connectivity index is 2.57. The van der Waals surface area contributed by atoms with Crippen LogP contribution in [0.25, 0.3) is 0 Å². The van der Waals surface area contributed by atoms with Crippen LogP contribution in [0.3, 0.4) is 0 Å². The van der Waals surface area contributed by atoms with E-state index in [2.05, 4.69) is 34.7 Å². The molecule has 0 atom stereocenters. The van der Waals surface area contributed by atoms with Crippen molar-refractivity contribution in [2.75, 3.05) is 18.5 Å². The van der Waals surface area contributed by atoms with Gasteiger partial charge in [0.25, 0.3) is 6.47 Å². The standard InChI is InChI=1S/C12H14BrNO2/c1-12(2)6-14(3)10-5-8(16-7-15)4-9(13)11(10)12/h4-5,7H,6H2,1-3H3. The van der Waals surface area contributed by atoms with Gasteiger partial charge in [0.15, 0.2) is 0 Å². The fraction of sp³-hybridized carbons (Fsp3) is 0.417. The predicted octanol–water partition coefficient (Wildman–Crippen LogP) is 2.71. The van der Waals surface area contributed by atoms with Crippen molar-refractivity contribution in [2.24, 2.45) is 0 Å². The molecule has 1 aromatic carbocycles. The molecule has 4 heteroatoms. The van der Waals surface area contributed by atoms with Crippen molar-refractivity contribution in [3.63, 3.8) is 0 Å². The zero-order valence-electron chi connectivity index (χ0n) is 9.58. The second-order valence-corrected chi connectivity index (χ2v) is 5.61. The average molecular weight is 284 g/mol. The van der Waals surface area contributed by atoms with Crippen LogP contribution in [0, 0.1) is 0 Å². The molecule has 0 amide bonds. The Kier molecular flexibility index (Phi) is 2.70. The highest BCUT2D eigenvalue weighted by atomic mass is 79.9. The minimum absolute atomic E-state index is 0.114. The van der Waals surface area contributed by atoms with Gasteiger partial charge >= 0.3 is 0 Å². The number of anilines is 1. The van der Waals surface area contributed by atoms with Gasteiger partial charge in [-0.25, -0.2) is 0 Å². The second-order valence-electron chi connectivity index (χ2n) is 4.75. The first-order chi connectivity index (χ1) is 7.45. The Morgan fingerprint density at radius 1 is 1.50 bits per heavy atom. The molecule has 0 N–H and O–H groups in total. The summed E-state index contributed by atoms with van der Waals surface area (Å²) in [5.41, 5.74) is 2.51. The number of carbonyl (C=O) groups excluding carboxylic acids is 1. The topological polar surface area (TPSA) is 29.5 Å². The maximum atomic E-state index is 10.3. The van der Waals surface area contributed by atoms with E-state index in [1.54, 1.807) is 0 Å². The lowest BCUT2D eigenvalue weighted by molar-refractivity contribution is -0.120. The summed E-state index contributed by atoms with van der Waals surface area (Å²) in [6, 6.07) is 3.75. The third kappa shape index (κ3) is 1.71. The molecule has 0 aliphatic carbocycles. The van der Waals surface area contributed by atoms with Gasteiger partial charge < -0.3 is 9.64 Å². The van der Waals surface area contributed by atoms with E-state index in [9.17, 15) is 4.79 Å². The van der Waals surface area contributed by atoms with E-state index in [1.165, 1.54) is 5.56 Å². The van der Waals surface area contributed by atoms with Crippen molar-refractivity contribution in [3.05, 3.63) is 22.2 Å². The van der Waals surface area contributed by atoms with Crippen molar-refractivity contribution >= 4 is 28.1 Å². The molecular formula is C12H14BrNO2. The highest BCUT2D eigenvalue weighted by Gasteiger charge is 2.35. The lowest BCUT2D eigenvalue weighted by atomic mass is 9.87. The molecule has 0 bridgehead atoms. The smallest absolute Gasteiger partial charge is 0.298 e. The van der Waals surface area contributed by atoms with Crippen LogP contribution in [0.1, 0.15) is 19.4 Å². The van der Waals surface area contributed by atoms with E-state index < -0.39 is 0 Å². The largest absolute Gasteiger partial charge is 0.429 e. The minimum atomic E-state index is 0.114. The van der Waals surface area contributed by atoms with E-state index in [-0.39, 0.29) is 5.41 Å². The Morgan fingerprint density at radius 2 is 2.19 bits per heavy atom. The highest BCUT2D eigenvalue weighted by Crippen LogP contribution is 2.45. The predicted molar refractivity (Wildman–Crippen MR) is 67.1 cm³/mol. The molecule has 16 heavy (non-hydrogen) atoms. The Morgan fingerprint density at radius 3 is 2.81 bits per heavy atom. The van der Waals surface area contributed by atoms with Crippen molar-refractivity contribution in [1.29, 1.82) is 0 Å². The van der Waals surface area contributed by atoms with Gasteiger partial charge in [0.2, 0.25) is 0 Å².